The summed E-state index contributed by atoms with van der Waals surface area (Å²) < 4.78 is 13.9. The highest BCUT2D eigenvalue weighted by atomic mass is 19.1. The van der Waals surface area contributed by atoms with Crippen molar-refractivity contribution in [3.8, 4) is 11.3 Å². The number of hydrogen-bond acceptors (Lipinski definition) is 2. The van der Waals surface area contributed by atoms with Gasteiger partial charge in [0.15, 0.2) is 0 Å². The predicted octanol–water partition coefficient (Wildman–Crippen LogP) is 2.40. The lowest BCUT2D eigenvalue weighted by Gasteiger charge is -1.99. The number of benzene rings is 1. The first kappa shape index (κ1) is 10.5. The Labute approximate surface area is 100 Å². The monoisotopic (exact) mass is 245 g/mol. The van der Waals surface area contributed by atoms with Crippen molar-refractivity contribution in [2.75, 3.05) is 0 Å². The minimum Gasteiger partial charge on any atom is -0.477 e. The third-order valence-electron chi connectivity index (χ3n) is 2.73. The summed E-state index contributed by atoms with van der Waals surface area (Å²) in [6.07, 6.45) is 1.71. The van der Waals surface area contributed by atoms with Crippen LogP contribution in [0, 0.1) is 5.82 Å². The fraction of sp³-hybridized carbons (Fsp3) is 0. The standard InChI is InChI=1S/C12H8FN3O2/c13-8-3-6-1-2-14-9(6)4-7(8)10-5-11(12(17)18)16-15-10/h1-5,14H,(H,15,16)(H,17,18). The molecule has 0 aliphatic carbocycles. The van der Waals surface area contributed by atoms with Crippen LogP contribution in [0.2, 0.25) is 0 Å². The third kappa shape index (κ3) is 1.55. The van der Waals surface area contributed by atoms with Crippen LogP contribution in [0.4, 0.5) is 4.39 Å². The molecule has 3 rings (SSSR count). The number of hydrogen-bond donors (Lipinski definition) is 3. The summed E-state index contributed by atoms with van der Waals surface area (Å²) in [5.74, 6) is -1.57. The number of aromatic nitrogens is 3. The summed E-state index contributed by atoms with van der Waals surface area (Å²) in [4.78, 5) is 13.7. The number of nitrogens with one attached hydrogen (secondary N) is 2. The molecule has 2 heterocycles. The summed E-state index contributed by atoms with van der Waals surface area (Å²) in [7, 11) is 0. The Kier molecular flexibility index (Phi) is 2.16. The number of carboxylic acids is 1. The number of aromatic carboxylic acids is 1. The van der Waals surface area contributed by atoms with E-state index in [2.05, 4.69) is 15.2 Å². The lowest BCUT2D eigenvalue weighted by Crippen LogP contribution is -1.95. The summed E-state index contributed by atoms with van der Waals surface area (Å²) in [5, 5.41) is 15.7. The highest BCUT2D eigenvalue weighted by molar-refractivity contribution is 5.88. The van der Waals surface area contributed by atoms with Crippen LogP contribution < -0.4 is 0 Å². The van der Waals surface area contributed by atoms with Gasteiger partial charge < -0.3 is 10.1 Å². The number of aromatic amines is 2. The minimum absolute atomic E-state index is 0.0732. The molecule has 0 bridgehead atoms. The number of fused-ring (bicyclic) bond motifs is 1. The van der Waals surface area contributed by atoms with Gasteiger partial charge in [0.25, 0.3) is 0 Å². The van der Waals surface area contributed by atoms with Gasteiger partial charge in [-0.25, -0.2) is 9.18 Å². The van der Waals surface area contributed by atoms with Gasteiger partial charge in [0.05, 0.1) is 5.69 Å². The molecule has 2 aromatic heterocycles. The van der Waals surface area contributed by atoms with E-state index in [1.165, 1.54) is 12.1 Å². The smallest absolute Gasteiger partial charge is 0.353 e. The van der Waals surface area contributed by atoms with Crippen LogP contribution in [0.5, 0.6) is 0 Å². The SMILES string of the molecule is O=C(O)c1cc(-c2cc3[nH]ccc3cc2F)n[nH]1. The number of carbonyl (C=O) groups is 1. The first-order valence-corrected chi connectivity index (χ1v) is 5.21. The maximum absolute atomic E-state index is 13.9. The van der Waals surface area contributed by atoms with Crippen molar-refractivity contribution in [3.63, 3.8) is 0 Å². The van der Waals surface area contributed by atoms with E-state index < -0.39 is 11.8 Å². The highest BCUT2D eigenvalue weighted by Gasteiger charge is 2.13. The van der Waals surface area contributed by atoms with E-state index in [0.29, 0.717) is 0 Å². The Morgan fingerprint density at radius 3 is 2.89 bits per heavy atom. The molecule has 3 N–H and O–H groups in total. The summed E-state index contributed by atoms with van der Waals surface area (Å²) in [6.45, 7) is 0. The number of H-pyrrole nitrogens is 2. The maximum atomic E-state index is 13.9. The van der Waals surface area contributed by atoms with Crippen molar-refractivity contribution in [1.82, 2.24) is 15.2 Å². The number of halogens is 1. The van der Waals surface area contributed by atoms with E-state index in [1.54, 1.807) is 18.3 Å². The second-order valence-corrected chi connectivity index (χ2v) is 3.87. The van der Waals surface area contributed by atoms with Crippen LogP contribution in [0.15, 0.2) is 30.5 Å². The van der Waals surface area contributed by atoms with Crippen molar-refractivity contribution in [2.24, 2.45) is 0 Å². The Balaban J connectivity index is 2.17. The molecular formula is C12H8FN3O2. The molecule has 0 aliphatic rings. The Morgan fingerprint density at radius 2 is 2.17 bits per heavy atom. The highest BCUT2D eigenvalue weighted by Crippen LogP contribution is 2.26. The second-order valence-electron chi connectivity index (χ2n) is 3.87. The molecule has 0 unspecified atom stereocenters. The fourth-order valence-corrected chi connectivity index (χ4v) is 1.84. The van der Waals surface area contributed by atoms with Gasteiger partial charge in [-0.2, -0.15) is 5.10 Å². The molecule has 0 saturated carbocycles. The van der Waals surface area contributed by atoms with Gasteiger partial charge in [0.1, 0.15) is 11.5 Å². The van der Waals surface area contributed by atoms with Crippen molar-refractivity contribution >= 4 is 16.9 Å². The van der Waals surface area contributed by atoms with E-state index in [0.717, 1.165) is 10.9 Å². The molecule has 0 atom stereocenters. The Hall–Kier alpha value is -2.63. The lowest BCUT2D eigenvalue weighted by atomic mass is 10.1. The molecule has 0 amide bonds. The molecule has 1 aromatic carbocycles. The molecule has 5 nitrogen and oxygen atoms in total. The van der Waals surface area contributed by atoms with Gasteiger partial charge in [-0.15, -0.1) is 0 Å². The molecule has 18 heavy (non-hydrogen) atoms. The van der Waals surface area contributed by atoms with Gasteiger partial charge in [-0.05, 0) is 24.3 Å². The van der Waals surface area contributed by atoms with E-state index >= 15 is 0 Å². The van der Waals surface area contributed by atoms with Crippen LogP contribution in [0.3, 0.4) is 0 Å². The molecule has 0 fully saturated rings. The third-order valence-corrected chi connectivity index (χ3v) is 2.73. The predicted molar refractivity (Wildman–Crippen MR) is 62.8 cm³/mol. The number of rotatable bonds is 2. The Bertz CT molecular complexity index is 745. The van der Waals surface area contributed by atoms with Gasteiger partial charge in [-0.1, -0.05) is 0 Å². The largest absolute Gasteiger partial charge is 0.477 e. The Morgan fingerprint density at radius 1 is 1.33 bits per heavy atom. The fourth-order valence-electron chi connectivity index (χ4n) is 1.84. The number of nitrogens with zero attached hydrogens (tertiary/aromatic N) is 1. The molecule has 0 aliphatic heterocycles. The van der Waals surface area contributed by atoms with Gasteiger partial charge >= 0.3 is 5.97 Å². The maximum Gasteiger partial charge on any atom is 0.353 e. The molecule has 0 radical (unpaired) electrons. The van der Waals surface area contributed by atoms with E-state index in [4.69, 9.17) is 5.11 Å². The van der Waals surface area contributed by atoms with E-state index in [-0.39, 0.29) is 17.0 Å². The molecule has 3 aromatic rings. The van der Waals surface area contributed by atoms with Crippen LogP contribution >= 0.6 is 0 Å². The zero-order valence-corrected chi connectivity index (χ0v) is 9.07. The molecule has 6 heteroatoms. The molecule has 0 spiro atoms. The minimum atomic E-state index is -1.13. The van der Waals surface area contributed by atoms with E-state index in [9.17, 15) is 9.18 Å². The van der Waals surface area contributed by atoms with E-state index in [1.807, 2.05) is 0 Å². The summed E-state index contributed by atoms with van der Waals surface area (Å²) >= 11 is 0. The molecule has 0 saturated heterocycles. The zero-order valence-electron chi connectivity index (χ0n) is 9.07. The van der Waals surface area contributed by atoms with Crippen LogP contribution in [0.1, 0.15) is 10.5 Å². The normalized spacial score (nSPS) is 10.9. The van der Waals surface area contributed by atoms with Crippen LogP contribution in [0.25, 0.3) is 22.2 Å². The number of carboxylic acid groups (broad SMARTS) is 1. The molecule has 90 valence electrons. The second kappa shape index (κ2) is 3.69. The van der Waals surface area contributed by atoms with Crippen molar-refractivity contribution < 1.29 is 14.3 Å². The first-order valence-electron chi connectivity index (χ1n) is 5.21. The average Bonchev–Trinajstić information content (AvgIpc) is 2.94. The first-order chi connectivity index (χ1) is 8.65. The van der Waals surface area contributed by atoms with Crippen LogP contribution in [-0.2, 0) is 0 Å². The molecular weight excluding hydrogens is 237 g/mol. The van der Waals surface area contributed by atoms with Crippen LogP contribution in [-0.4, -0.2) is 26.3 Å². The summed E-state index contributed by atoms with van der Waals surface area (Å²) in [6, 6.07) is 6.05. The van der Waals surface area contributed by atoms with Crippen molar-refractivity contribution in [1.29, 1.82) is 0 Å². The topological polar surface area (TPSA) is 81.8 Å². The van der Waals surface area contributed by atoms with Crippen molar-refractivity contribution in [3.05, 3.63) is 42.0 Å². The van der Waals surface area contributed by atoms with Gasteiger partial charge in [0.2, 0.25) is 0 Å². The lowest BCUT2D eigenvalue weighted by molar-refractivity contribution is 0.0690. The van der Waals surface area contributed by atoms with Crippen molar-refractivity contribution in [2.45, 2.75) is 0 Å². The van der Waals surface area contributed by atoms with Gasteiger partial charge in [-0.3, -0.25) is 5.10 Å². The average molecular weight is 245 g/mol. The quantitative estimate of drug-likeness (QED) is 0.648. The zero-order chi connectivity index (χ0) is 12.7. The van der Waals surface area contributed by atoms with Gasteiger partial charge in [0, 0.05) is 22.7 Å². The summed E-state index contributed by atoms with van der Waals surface area (Å²) in [5.41, 5.74) is 1.22.